The molecule has 0 atom stereocenters. The number of methoxy groups -OCH3 is 1. The standard InChI is InChI=1S/C27H24FN3O4/c1-35-20-11-7-17(8-12-20)13-14-29-26(33)22-16-21-23(3-2-4-24(21)31-27(22)34)30-25(32)15-18-5-9-19(28)10-6-18/h2-12,16H,13-15H2,1H3,(H,29,33)(H,30,32)(H,31,34). The number of pyridine rings is 1. The van der Waals surface area contributed by atoms with Gasteiger partial charge in [0.1, 0.15) is 17.1 Å². The summed E-state index contributed by atoms with van der Waals surface area (Å²) < 4.78 is 18.2. The van der Waals surface area contributed by atoms with Crippen LogP contribution in [0.1, 0.15) is 21.5 Å². The van der Waals surface area contributed by atoms with Crippen molar-refractivity contribution in [1.82, 2.24) is 10.3 Å². The fourth-order valence-electron chi connectivity index (χ4n) is 3.70. The van der Waals surface area contributed by atoms with E-state index < -0.39 is 11.5 Å². The lowest BCUT2D eigenvalue weighted by atomic mass is 10.1. The van der Waals surface area contributed by atoms with Crippen LogP contribution in [0.5, 0.6) is 5.75 Å². The summed E-state index contributed by atoms with van der Waals surface area (Å²) in [4.78, 5) is 40.5. The van der Waals surface area contributed by atoms with Gasteiger partial charge in [-0.15, -0.1) is 0 Å². The van der Waals surface area contributed by atoms with E-state index >= 15 is 0 Å². The third kappa shape index (κ3) is 5.92. The van der Waals surface area contributed by atoms with Crippen molar-refractivity contribution in [3.8, 4) is 5.75 Å². The molecule has 35 heavy (non-hydrogen) atoms. The predicted molar refractivity (Wildman–Crippen MR) is 132 cm³/mol. The van der Waals surface area contributed by atoms with Crippen molar-refractivity contribution in [2.75, 3.05) is 19.0 Å². The van der Waals surface area contributed by atoms with E-state index in [1.54, 1.807) is 37.4 Å². The van der Waals surface area contributed by atoms with Gasteiger partial charge in [-0.25, -0.2) is 4.39 Å². The van der Waals surface area contributed by atoms with E-state index in [4.69, 9.17) is 4.74 Å². The lowest BCUT2D eigenvalue weighted by Crippen LogP contribution is -2.31. The average Bonchev–Trinajstić information content (AvgIpc) is 2.85. The summed E-state index contributed by atoms with van der Waals surface area (Å²) in [7, 11) is 1.60. The van der Waals surface area contributed by atoms with Crippen molar-refractivity contribution in [3.63, 3.8) is 0 Å². The number of H-pyrrole nitrogens is 1. The molecule has 0 saturated heterocycles. The summed E-state index contributed by atoms with van der Waals surface area (Å²) in [6, 6.07) is 19.7. The third-order valence-corrected chi connectivity index (χ3v) is 5.54. The largest absolute Gasteiger partial charge is 0.497 e. The van der Waals surface area contributed by atoms with Crippen molar-refractivity contribution in [1.29, 1.82) is 0 Å². The number of hydrogen-bond acceptors (Lipinski definition) is 4. The van der Waals surface area contributed by atoms with E-state index in [9.17, 15) is 18.8 Å². The van der Waals surface area contributed by atoms with Gasteiger partial charge < -0.3 is 20.4 Å². The molecule has 1 aromatic heterocycles. The molecule has 1 heterocycles. The highest BCUT2D eigenvalue weighted by molar-refractivity contribution is 6.04. The maximum absolute atomic E-state index is 13.1. The van der Waals surface area contributed by atoms with Gasteiger partial charge in [-0.3, -0.25) is 14.4 Å². The Hall–Kier alpha value is -4.46. The lowest BCUT2D eigenvalue weighted by molar-refractivity contribution is -0.115. The van der Waals surface area contributed by atoms with E-state index in [0.717, 1.165) is 11.3 Å². The van der Waals surface area contributed by atoms with Crippen LogP contribution in [0.3, 0.4) is 0 Å². The number of anilines is 1. The highest BCUT2D eigenvalue weighted by Crippen LogP contribution is 2.22. The van der Waals surface area contributed by atoms with Gasteiger partial charge >= 0.3 is 0 Å². The molecule has 4 aromatic rings. The molecule has 0 bridgehead atoms. The number of amides is 2. The number of carbonyl (C=O) groups is 2. The Kier molecular flexibility index (Phi) is 7.21. The Bertz CT molecular complexity index is 1410. The highest BCUT2D eigenvalue weighted by Gasteiger charge is 2.14. The van der Waals surface area contributed by atoms with Crippen LogP contribution < -0.4 is 20.9 Å². The first kappa shape index (κ1) is 23.7. The molecule has 0 spiro atoms. The van der Waals surface area contributed by atoms with Gasteiger partial charge in [-0.1, -0.05) is 30.3 Å². The van der Waals surface area contributed by atoms with E-state index in [2.05, 4.69) is 15.6 Å². The predicted octanol–water partition coefficient (Wildman–Crippen LogP) is 3.83. The smallest absolute Gasteiger partial charge is 0.261 e. The monoisotopic (exact) mass is 473 g/mol. The third-order valence-electron chi connectivity index (χ3n) is 5.54. The number of carbonyl (C=O) groups excluding carboxylic acids is 2. The van der Waals surface area contributed by atoms with E-state index in [-0.39, 0.29) is 23.7 Å². The maximum Gasteiger partial charge on any atom is 0.261 e. The first-order valence-corrected chi connectivity index (χ1v) is 11.0. The zero-order chi connectivity index (χ0) is 24.8. The van der Waals surface area contributed by atoms with Crippen LogP contribution in [0.4, 0.5) is 10.1 Å². The second kappa shape index (κ2) is 10.6. The minimum Gasteiger partial charge on any atom is -0.497 e. The summed E-state index contributed by atoms with van der Waals surface area (Å²) in [5.74, 6) is -0.432. The Morgan fingerprint density at radius 3 is 2.40 bits per heavy atom. The molecule has 4 rings (SSSR count). The molecule has 7 nitrogen and oxygen atoms in total. The van der Waals surface area contributed by atoms with Gasteiger partial charge in [0.05, 0.1) is 24.7 Å². The maximum atomic E-state index is 13.1. The molecule has 8 heteroatoms. The quantitative estimate of drug-likeness (QED) is 0.362. The first-order valence-electron chi connectivity index (χ1n) is 11.0. The minimum atomic E-state index is -0.519. The number of ether oxygens (including phenoxy) is 1. The van der Waals surface area contributed by atoms with Crippen LogP contribution in [-0.4, -0.2) is 30.5 Å². The fourth-order valence-corrected chi connectivity index (χ4v) is 3.70. The number of halogens is 1. The molecular formula is C27H24FN3O4. The summed E-state index contributed by atoms with van der Waals surface area (Å²) in [6.45, 7) is 0.346. The van der Waals surface area contributed by atoms with Crippen LogP contribution in [0.25, 0.3) is 10.9 Å². The van der Waals surface area contributed by atoms with Crippen molar-refractivity contribution in [2.24, 2.45) is 0 Å². The Morgan fingerprint density at radius 1 is 0.971 bits per heavy atom. The average molecular weight is 474 g/mol. The molecule has 0 aliphatic carbocycles. The minimum absolute atomic E-state index is 0.0486. The number of benzene rings is 3. The zero-order valence-electron chi connectivity index (χ0n) is 19.1. The topological polar surface area (TPSA) is 100 Å². The number of aromatic amines is 1. The Balaban J connectivity index is 1.47. The lowest BCUT2D eigenvalue weighted by Gasteiger charge is -2.11. The molecule has 3 N–H and O–H groups in total. The normalized spacial score (nSPS) is 10.7. The number of nitrogens with one attached hydrogen (secondary N) is 3. The number of fused-ring (bicyclic) bond motifs is 1. The molecule has 0 unspecified atom stereocenters. The van der Waals surface area contributed by atoms with Gasteiger partial charge in [-0.05, 0) is 60.0 Å². The van der Waals surface area contributed by atoms with Crippen molar-refractivity contribution in [2.45, 2.75) is 12.8 Å². The molecule has 178 valence electrons. The first-order chi connectivity index (χ1) is 16.9. The van der Waals surface area contributed by atoms with Crippen LogP contribution in [0, 0.1) is 5.82 Å². The SMILES string of the molecule is COc1ccc(CCNC(=O)c2cc3c(NC(=O)Cc4ccc(F)cc4)cccc3[nH]c2=O)cc1. The van der Waals surface area contributed by atoms with Crippen LogP contribution in [0.2, 0.25) is 0 Å². The van der Waals surface area contributed by atoms with Gasteiger partial charge in [-0.2, -0.15) is 0 Å². The summed E-state index contributed by atoms with van der Waals surface area (Å²) in [6.07, 6.45) is 0.643. The molecule has 2 amide bonds. The highest BCUT2D eigenvalue weighted by atomic mass is 19.1. The van der Waals surface area contributed by atoms with Crippen LogP contribution >= 0.6 is 0 Å². The second-order valence-corrected chi connectivity index (χ2v) is 7.98. The van der Waals surface area contributed by atoms with Crippen molar-refractivity contribution < 1.29 is 18.7 Å². The molecule has 0 saturated carbocycles. The van der Waals surface area contributed by atoms with Crippen LogP contribution in [-0.2, 0) is 17.6 Å². The number of hydrogen-bond donors (Lipinski definition) is 3. The molecule has 3 aromatic carbocycles. The molecule has 0 aliphatic heterocycles. The molecule has 0 fully saturated rings. The Labute approximate surface area is 200 Å². The van der Waals surface area contributed by atoms with E-state index in [0.29, 0.717) is 35.1 Å². The summed E-state index contributed by atoms with van der Waals surface area (Å²) >= 11 is 0. The molecule has 0 radical (unpaired) electrons. The van der Waals surface area contributed by atoms with Crippen molar-refractivity contribution in [3.05, 3.63) is 106 Å². The van der Waals surface area contributed by atoms with Gasteiger partial charge in [0.15, 0.2) is 0 Å². The Morgan fingerprint density at radius 2 is 1.69 bits per heavy atom. The fraction of sp³-hybridized carbons (Fsp3) is 0.148. The van der Waals surface area contributed by atoms with Crippen molar-refractivity contribution >= 4 is 28.4 Å². The van der Waals surface area contributed by atoms with Crippen LogP contribution in [0.15, 0.2) is 77.6 Å². The summed E-state index contributed by atoms with van der Waals surface area (Å²) in [5, 5.41) is 6.11. The van der Waals surface area contributed by atoms with E-state index in [1.165, 1.54) is 18.2 Å². The second-order valence-electron chi connectivity index (χ2n) is 7.98. The van der Waals surface area contributed by atoms with E-state index in [1.807, 2.05) is 24.3 Å². The van der Waals surface area contributed by atoms with Gasteiger partial charge in [0.2, 0.25) is 5.91 Å². The van der Waals surface area contributed by atoms with Gasteiger partial charge in [0, 0.05) is 11.9 Å². The molecular weight excluding hydrogens is 449 g/mol. The summed E-state index contributed by atoms with van der Waals surface area (Å²) in [5.41, 5.74) is 2.06. The van der Waals surface area contributed by atoms with Gasteiger partial charge in [0.25, 0.3) is 11.5 Å². The zero-order valence-corrected chi connectivity index (χ0v) is 19.1. The number of aromatic nitrogens is 1. The molecule has 0 aliphatic rings. The number of rotatable bonds is 8.